The fourth-order valence-corrected chi connectivity index (χ4v) is 2.22. The lowest BCUT2D eigenvalue weighted by Crippen LogP contribution is -2.26. The van der Waals surface area contributed by atoms with Gasteiger partial charge in [-0.05, 0) is 23.8 Å². The predicted molar refractivity (Wildman–Crippen MR) is 92.3 cm³/mol. The first kappa shape index (κ1) is 17.0. The SMILES string of the molecule is Cn1cc(/C=C(/C(=O)NCc2ccncc2)n2cc([N+](=O)[O-])cn2)cn1. The number of hydrogen-bond acceptors (Lipinski definition) is 6. The van der Waals surface area contributed by atoms with Gasteiger partial charge in [0.25, 0.3) is 5.91 Å². The molecule has 0 aliphatic rings. The molecular weight excluding hydrogens is 338 g/mol. The molecule has 1 N–H and O–H groups in total. The highest BCUT2D eigenvalue weighted by Gasteiger charge is 2.17. The van der Waals surface area contributed by atoms with E-state index in [-0.39, 0.29) is 17.9 Å². The smallest absolute Gasteiger partial charge is 0.307 e. The number of nitro groups is 1. The number of aromatic nitrogens is 5. The summed E-state index contributed by atoms with van der Waals surface area (Å²) in [6.45, 7) is 0.287. The van der Waals surface area contributed by atoms with Gasteiger partial charge in [-0.2, -0.15) is 10.2 Å². The fraction of sp³-hybridized carbons (Fsp3) is 0.125. The van der Waals surface area contributed by atoms with E-state index in [2.05, 4.69) is 20.5 Å². The molecule has 10 nitrogen and oxygen atoms in total. The molecule has 0 unspecified atom stereocenters. The van der Waals surface area contributed by atoms with Crippen LogP contribution in [-0.2, 0) is 18.4 Å². The van der Waals surface area contributed by atoms with Crippen molar-refractivity contribution in [3.63, 3.8) is 0 Å². The molecule has 0 atom stereocenters. The zero-order valence-corrected chi connectivity index (χ0v) is 13.8. The van der Waals surface area contributed by atoms with Crippen molar-refractivity contribution in [1.82, 2.24) is 29.9 Å². The van der Waals surface area contributed by atoms with Crippen LogP contribution < -0.4 is 5.32 Å². The lowest BCUT2D eigenvalue weighted by molar-refractivity contribution is -0.384. The first-order valence-electron chi connectivity index (χ1n) is 7.60. The van der Waals surface area contributed by atoms with Crippen LogP contribution in [0.4, 0.5) is 5.69 Å². The second kappa shape index (κ2) is 7.38. The Labute approximate surface area is 147 Å². The zero-order valence-electron chi connectivity index (χ0n) is 13.8. The molecule has 132 valence electrons. The van der Waals surface area contributed by atoms with Gasteiger partial charge in [-0.15, -0.1) is 0 Å². The number of nitrogens with zero attached hydrogens (tertiary/aromatic N) is 6. The Morgan fingerprint density at radius 2 is 2.04 bits per heavy atom. The van der Waals surface area contributed by atoms with Crippen molar-refractivity contribution in [3.8, 4) is 0 Å². The molecule has 0 saturated heterocycles. The van der Waals surface area contributed by atoms with Crippen molar-refractivity contribution >= 4 is 23.4 Å². The fourth-order valence-electron chi connectivity index (χ4n) is 2.22. The Morgan fingerprint density at radius 3 is 2.65 bits per heavy atom. The summed E-state index contributed by atoms with van der Waals surface area (Å²) in [7, 11) is 1.75. The molecule has 0 fully saturated rings. The topological polar surface area (TPSA) is 121 Å². The average Bonchev–Trinajstić information content (AvgIpc) is 3.27. The van der Waals surface area contributed by atoms with E-state index in [1.165, 1.54) is 10.9 Å². The molecule has 3 aromatic rings. The number of aryl methyl sites for hydroxylation is 1. The summed E-state index contributed by atoms with van der Waals surface area (Å²) < 4.78 is 2.76. The Bertz CT molecular complexity index is 959. The summed E-state index contributed by atoms with van der Waals surface area (Å²) in [5, 5.41) is 21.6. The Morgan fingerprint density at radius 1 is 1.27 bits per heavy atom. The third-order valence-corrected chi connectivity index (χ3v) is 3.49. The summed E-state index contributed by atoms with van der Waals surface area (Å²) in [4.78, 5) is 26.9. The molecule has 3 aromatic heterocycles. The molecule has 0 aromatic carbocycles. The summed E-state index contributed by atoms with van der Waals surface area (Å²) >= 11 is 0. The number of carbonyl (C=O) groups is 1. The summed E-state index contributed by atoms with van der Waals surface area (Å²) in [5.41, 5.74) is 1.48. The Hall–Kier alpha value is -3.82. The molecule has 3 rings (SSSR count). The molecule has 0 spiro atoms. The lowest BCUT2D eigenvalue weighted by atomic mass is 10.2. The number of carbonyl (C=O) groups excluding carboxylic acids is 1. The van der Waals surface area contributed by atoms with Crippen LogP contribution in [0.3, 0.4) is 0 Å². The van der Waals surface area contributed by atoms with E-state index in [9.17, 15) is 14.9 Å². The van der Waals surface area contributed by atoms with Gasteiger partial charge in [0.05, 0.1) is 11.1 Å². The number of amides is 1. The van der Waals surface area contributed by atoms with Gasteiger partial charge in [0, 0.05) is 37.7 Å². The predicted octanol–water partition coefficient (Wildman–Crippen LogP) is 1.23. The van der Waals surface area contributed by atoms with E-state index < -0.39 is 10.8 Å². The van der Waals surface area contributed by atoms with Gasteiger partial charge >= 0.3 is 5.69 Å². The second-order valence-corrected chi connectivity index (χ2v) is 5.42. The number of nitrogens with one attached hydrogen (secondary N) is 1. The van der Waals surface area contributed by atoms with E-state index >= 15 is 0 Å². The van der Waals surface area contributed by atoms with Gasteiger partial charge in [0.15, 0.2) is 0 Å². The second-order valence-electron chi connectivity index (χ2n) is 5.42. The highest BCUT2D eigenvalue weighted by Crippen LogP contribution is 2.16. The van der Waals surface area contributed by atoms with Gasteiger partial charge in [0.1, 0.15) is 18.1 Å². The van der Waals surface area contributed by atoms with Crippen LogP contribution in [0.1, 0.15) is 11.1 Å². The maximum Gasteiger partial charge on any atom is 0.307 e. The third-order valence-electron chi connectivity index (χ3n) is 3.49. The Balaban J connectivity index is 1.87. The highest BCUT2D eigenvalue weighted by atomic mass is 16.6. The van der Waals surface area contributed by atoms with Gasteiger partial charge in [-0.25, -0.2) is 4.68 Å². The van der Waals surface area contributed by atoms with E-state index in [0.717, 1.165) is 11.8 Å². The van der Waals surface area contributed by atoms with Crippen LogP contribution in [-0.4, -0.2) is 35.4 Å². The number of rotatable bonds is 6. The van der Waals surface area contributed by atoms with Crippen LogP contribution >= 0.6 is 0 Å². The van der Waals surface area contributed by atoms with Crippen molar-refractivity contribution < 1.29 is 9.72 Å². The molecule has 0 radical (unpaired) electrons. The van der Waals surface area contributed by atoms with Crippen LogP contribution in [0.5, 0.6) is 0 Å². The summed E-state index contributed by atoms with van der Waals surface area (Å²) in [6.07, 6.45) is 10.4. The largest absolute Gasteiger partial charge is 0.347 e. The lowest BCUT2D eigenvalue weighted by Gasteiger charge is -2.09. The van der Waals surface area contributed by atoms with Crippen molar-refractivity contribution in [2.75, 3.05) is 0 Å². The Kier molecular flexibility index (Phi) is 4.83. The molecule has 0 aliphatic heterocycles. The molecule has 0 bridgehead atoms. The minimum Gasteiger partial charge on any atom is -0.347 e. The third kappa shape index (κ3) is 3.98. The van der Waals surface area contributed by atoms with Crippen LogP contribution in [0.25, 0.3) is 11.8 Å². The molecule has 3 heterocycles. The minimum absolute atomic E-state index is 0.139. The molecule has 0 saturated carbocycles. The van der Waals surface area contributed by atoms with Gasteiger partial charge in [-0.3, -0.25) is 24.6 Å². The van der Waals surface area contributed by atoms with Crippen molar-refractivity contribution in [1.29, 1.82) is 0 Å². The molecule has 1 amide bonds. The molecule has 10 heteroatoms. The van der Waals surface area contributed by atoms with Crippen LogP contribution in [0.2, 0.25) is 0 Å². The quantitative estimate of drug-likeness (QED) is 0.404. The van der Waals surface area contributed by atoms with E-state index in [0.29, 0.717) is 5.56 Å². The van der Waals surface area contributed by atoms with Gasteiger partial charge in [0.2, 0.25) is 0 Å². The van der Waals surface area contributed by atoms with E-state index in [1.807, 2.05) is 0 Å². The number of pyridine rings is 1. The molecular formula is C16H15N7O3. The van der Waals surface area contributed by atoms with Crippen molar-refractivity contribution in [3.05, 3.63) is 70.6 Å². The average molecular weight is 353 g/mol. The van der Waals surface area contributed by atoms with Crippen molar-refractivity contribution in [2.24, 2.45) is 7.05 Å². The normalized spacial score (nSPS) is 11.3. The maximum absolute atomic E-state index is 12.7. The number of hydrogen-bond donors (Lipinski definition) is 1. The maximum atomic E-state index is 12.7. The highest BCUT2D eigenvalue weighted by molar-refractivity contribution is 6.18. The monoisotopic (exact) mass is 353 g/mol. The van der Waals surface area contributed by atoms with Gasteiger partial charge < -0.3 is 5.32 Å². The summed E-state index contributed by atoms with van der Waals surface area (Å²) in [6, 6.07) is 3.56. The standard InChI is InChI=1S/C16H15N7O3/c1-21-10-13(8-19-21)6-15(22-11-14(9-20-22)23(25)26)16(24)18-7-12-2-4-17-5-3-12/h2-6,8-11H,7H2,1H3,(H,18,24)/b15-6-. The van der Waals surface area contributed by atoms with E-state index in [4.69, 9.17) is 0 Å². The van der Waals surface area contributed by atoms with Crippen molar-refractivity contribution in [2.45, 2.75) is 6.54 Å². The first-order valence-corrected chi connectivity index (χ1v) is 7.60. The van der Waals surface area contributed by atoms with Crippen LogP contribution in [0, 0.1) is 10.1 Å². The minimum atomic E-state index is -0.569. The molecule has 0 aliphatic carbocycles. The molecule has 26 heavy (non-hydrogen) atoms. The zero-order chi connectivity index (χ0) is 18.5. The van der Waals surface area contributed by atoms with Crippen LogP contribution in [0.15, 0.2) is 49.3 Å². The van der Waals surface area contributed by atoms with E-state index in [1.54, 1.807) is 54.7 Å². The van der Waals surface area contributed by atoms with Gasteiger partial charge in [-0.1, -0.05) is 0 Å². The first-order chi connectivity index (χ1) is 12.5. The summed E-state index contributed by atoms with van der Waals surface area (Å²) in [5.74, 6) is -0.427.